The van der Waals surface area contributed by atoms with Crippen molar-refractivity contribution in [1.29, 1.82) is 0 Å². The SMILES string of the molecule is CCc1ccccc1-n1c(C)cc(/C=C2/SC(=O)N(c3ccccc3)C2=O)c1C. The van der Waals surface area contributed by atoms with E-state index in [0.29, 0.717) is 10.6 Å². The molecule has 1 aliphatic heterocycles. The number of nitrogens with zero attached hydrogens (tertiary/aromatic N) is 2. The highest BCUT2D eigenvalue weighted by Gasteiger charge is 2.36. The van der Waals surface area contributed by atoms with Crippen molar-refractivity contribution in [3.05, 3.63) is 88.1 Å². The molecule has 0 N–H and O–H groups in total. The molecule has 0 saturated carbocycles. The summed E-state index contributed by atoms with van der Waals surface area (Å²) in [5.41, 5.74) is 6.12. The maximum Gasteiger partial charge on any atom is 0.298 e. The number of aryl methyl sites for hydroxylation is 2. The van der Waals surface area contributed by atoms with Gasteiger partial charge in [-0.2, -0.15) is 0 Å². The Labute approximate surface area is 174 Å². The zero-order valence-corrected chi connectivity index (χ0v) is 17.5. The lowest BCUT2D eigenvalue weighted by molar-refractivity contribution is -0.113. The van der Waals surface area contributed by atoms with E-state index in [-0.39, 0.29) is 11.1 Å². The van der Waals surface area contributed by atoms with Crippen LogP contribution in [0, 0.1) is 13.8 Å². The van der Waals surface area contributed by atoms with E-state index in [1.807, 2.05) is 37.3 Å². The fourth-order valence-corrected chi connectivity index (χ4v) is 4.57. The molecule has 146 valence electrons. The van der Waals surface area contributed by atoms with Crippen molar-refractivity contribution in [3.63, 3.8) is 0 Å². The lowest BCUT2D eigenvalue weighted by Crippen LogP contribution is -2.27. The molecule has 2 amide bonds. The fraction of sp³-hybridized carbons (Fsp3) is 0.167. The minimum atomic E-state index is -0.273. The number of aromatic nitrogens is 1. The van der Waals surface area contributed by atoms with Gasteiger partial charge in [0.2, 0.25) is 0 Å². The van der Waals surface area contributed by atoms with Gasteiger partial charge >= 0.3 is 0 Å². The number of imide groups is 1. The Bertz CT molecular complexity index is 1130. The summed E-state index contributed by atoms with van der Waals surface area (Å²) in [6.45, 7) is 6.26. The molecule has 1 aliphatic rings. The Balaban J connectivity index is 1.73. The summed E-state index contributed by atoms with van der Waals surface area (Å²) >= 11 is 0.988. The number of thioether (sulfide) groups is 1. The summed E-state index contributed by atoms with van der Waals surface area (Å²) in [5.74, 6) is -0.273. The first kappa shape index (κ1) is 19.3. The first-order valence-corrected chi connectivity index (χ1v) is 10.4. The Hall–Kier alpha value is -3.05. The van der Waals surface area contributed by atoms with Crippen molar-refractivity contribution in [2.75, 3.05) is 4.90 Å². The normalized spacial score (nSPS) is 15.6. The van der Waals surface area contributed by atoms with E-state index in [2.05, 4.69) is 42.7 Å². The van der Waals surface area contributed by atoms with E-state index in [1.54, 1.807) is 12.1 Å². The summed E-state index contributed by atoms with van der Waals surface area (Å²) in [7, 11) is 0. The van der Waals surface area contributed by atoms with Crippen LogP contribution in [0.15, 0.2) is 65.6 Å². The summed E-state index contributed by atoms with van der Waals surface area (Å²) in [4.78, 5) is 27.1. The standard InChI is InChI=1S/C24H22N2O2S/c1-4-18-10-8-9-13-21(18)25-16(2)14-19(17(25)3)15-22-23(27)26(24(28)29-22)20-11-6-5-7-12-20/h5-15H,4H2,1-3H3/b22-15+. The molecule has 0 radical (unpaired) electrons. The highest BCUT2D eigenvalue weighted by Crippen LogP contribution is 2.36. The van der Waals surface area contributed by atoms with Gasteiger partial charge in [-0.25, -0.2) is 4.90 Å². The van der Waals surface area contributed by atoms with Crippen LogP contribution in [0.25, 0.3) is 11.8 Å². The molecule has 2 aromatic carbocycles. The van der Waals surface area contributed by atoms with Crippen LogP contribution >= 0.6 is 11.8 Å². The molecular weight excluding hydrogens is 380 g/mol. The van der Waals surface area contributed by atoms with Crippen LogP contribution in [-0.4, -0.2) is 15.7 Å². The van der Waals surface area contributed by atoms with Crippen LogP contribution in [0.1, 0.15) is 29.4 Å². The smallest absolute Gasteiger partial charge is 0.298 e. The third-order valence-electron chi connectivity index (χ3n) is 5.18. The minimum absolute atomic E-state index is 0.266. The molecule has 1 saturated heterocycles. The number of carbonyl (C=O) groups excluding carboxylic acids is 2. The van der Waals surface area contributed by atoms with Gasteiger partial charge in [-0.3, -0.25) is 9.59 Å². The largest absolute Gasteiger partial charge is 0.318 e. The second kappa shape index (κ2) is 7.76. The first-order valence-electron chi connectivity index (χ1n) is 9.61. The van der Waals surface area contributed by atoms with Gasteiger partial charge in [0.15, 0.2) is 0 Å². The average Bonchev–Trinajstić information content (AvgIpc) is 3.17. The topological polar surface area (TPSA) is 42.3 Å². The fourth-order valence-electron chi connectivity index (χ4n) is 3.74. The number of hydrogen-bond donors (Lipinski definition) is 0. The lowest BCUT2D eigenvalue weighted by atomic mass is 10.1. The third-order valence-corrected chi connectivity index (χ3v) is 6.05. The second-order valence-electron chi connectivity index (χ2n) is 7.00. The number of rotatable bonds is 4. The van der Waals surface area contributed by atoms with Crippen LogP contribution < -0.4 is 4.90 Å². The molecule has 5 heteroatoms. The number of carbonyl (C=O) groups is 2. The second-order valence-corrected chi connectivity index (χ2v) is 7.99. The Morgan fingerprint density at radius 2 is 1.66 bits per heavy atom. The Morgan fingerprint density at radius 1 is 0.966 bits per heavy atom. The number of hydrogen-bond acceptors (Lipinski definition) is 3. The number of amides is 2. The van der Waals surface area contributed by atoms with Gasteiger partial charge in [-0.1, -0.05) is 43.3 Å². The maximum absolute atomic E-state index is 12.9. The summed E-state index contributed by atoms with van der Waals surface area (Å²) < 4.78 is 2.21. The monoisotopic (exact) mass is 402 g/mol. The van der Waals surface area contributed by atoms with Crippen molar-refractivity contribution in [2.24, 2.45) is 0 Å². The molecule has 0 unspecified atom stereocenters. The van der Waals surface area contributed by atoms with E-state index >= 15 is 0 Å². The van der Waals surface area contributed by atoms with Gasteiger partial charge in [0, 0.05) is 17.1 Å². The molecule has 0 atom stereocenters. The Kier molecular flexibility index (Phi) is 5.16. The maximum atomic E-state index is 12.9. The van der Waals surface area contributed by atoms with Crippen LogP contribution in [0.4, 0.5) is 10.5 Å². The molecule has 0 aliphatic carbocycles. The minimum Gasteiger partial charge on any atom is -0.318 e. The highest BCUT2D eigenvalue weighted by molar-refractivity contribution is 8.19. The molecule has 1 aromatic heterocycles. The summed E-state index contributed by atoms with van der Waals surface area (Å²) in [5, 5.41) is -0.266. The zero-order valence-electron chi connectivity index (χ0n) is 16.7. The number of para-hydroxylation sites is 2. The van der Waals surface area contributed by atoms with Crippen LogP contribution in [0.5, 0.6) is 0 Å². The Morgan fingerprint density at radius 3 is 2.38 bits per heavy atom. The summed E-state index contributed by atoms with van der Waals surface area (Å²) in [6, 6.07) is 19.5. The summed E-state index contributed by atoms with van der Waals surface area (Å²) in [6.07, 6.45) is 2.78. The van der Waals surface area contributed by atoms with Gasteiger partial charge in [-0.15, -0.1) is 0 Å². The molecule has 29 heavy (non-hydrogen) atoms. The van der Waals surface area contributed by atoms with Crippen molar-refractivity contribution in [3.8, 4) is 5.69 Å². The molecule has 0 spiro atoms. The molecule has 4 nitrogen and oxygen atoms in total. The predicted octanol–water partition coefficient (Wildman–Crippen LogP) is 5.90. The van der Waals surface area contributed by atoms with Crippen LogP contribution in [0.3, 0.4) is 0 Å². The number of benzene rings is 2. The molecule has 1 fully saturated rings. The van der Waals surface area contributed by atoms with E-state index in [9.17, 15) is 9.59 Å². The average molecular weight is 403 g/mol. The van der Waals surface area contributed by atoms with E-state index < -0.39 is 0 Å². The van der Waals surface area contributed by atoms with Crippen LogP contribution in [-0.2, 0) is 11.2 Å². The van der Waals surface area contributed by atoms with Gasteiger partial charge in [0.05, 0.1) is 10.6 Å². The van der Waals surface area contributed by atoms with Crippen molar-refractivity contribution < 1.29 is 9.59 Å². The zero-order chi connectivity index (χ0) is 20.5. The van der Waals surface area contributed by atoms with Crippen molar-refractivity contribution in [1.82, 2.24) is 4.57 Å². The van der Waals surface area contributed by atoms with Crippen molar-refractivity contribution in [2.45, 2.75) is 27.2 Å². The molecule has 2 heterocycles. The third kappa shape index (κ3) is 3.42. The lowest BCUT2D eigenvalue weighted by Gasteiger charge is -2.14. The molecule has 0 bridgehead atoms. The van der Waals surface area contributed by atoms with Gasteiger partial charge < -0.3 is 4.57 Å². The van der Waals surface area contributed by atoms with Gasteiger partial charge in [-0.05, 0) is 73.5 Å². The molecular formula is C24H22N2O2S. The molecule has 4 rings (SSSR count). The quantitative estimate of drug-likeness (QED) is 0.511. The molecule has 3 aromatic rings. The highest BCUT2D eigenvalue weighted by atomic mass is 32.2. The predicted molar refractivity (Wildman–Crippen MR) is 120 cm³/mol. The number of anilines is 1. The van der Waals surface area contributed by atoms with Gasteiger partial charge in [0.25, 0.3) is 11.1 Å². The first-order chi connectivity index (χ1) is 14.0. The van der Waals surface area contributed by atoms with Crippen molar-refractivity contribution >= 4 is 34.7 Å². The van der Waals surface area contributed by atoms with E-state index in [1.165, 1.54) is 10.5 Å². The van der Waals surface area contributed by atoms with Crippen LogP contribution in [0.2, 0.25) is 0 Å². The van der Waals surface area contributed by atoms with E-state index in [4.69, 9.17) is 0 Å². The van der Waals surface area contributed by atoms with E-state index in [0.717, 1.165) is 40.8 Å². The van der Waals surface area contributed by atoms with Gasteiger partial charge in [0.1, 0.15) is 0 Å².